The lowest BCUT2D eigenvalue weighted by Gasteiger charge is -2.18. The van der Waals surface area contributed by atoms with Gasteiger partial charge in [-0.05, 0) is 80.8 Å². The lowest BCUT2D eigenvalue weighted by molar-refractivity contribution is 0.192. The highest BCUT2D eigenvalue weighted by atomic mass is 79.9. The largest absolute Gasteiger partial charge is 0.506 e. The quantitative estimate of drug-likeness (QED) is 0.719. The van der Waals surface area contributed by atoms with E-state index in [0.29, 0.717) is 27.4 Å². The first-order valence-electron chi connectivity index (χ1n) is 6.60. The first-order chi connectivity index (χ1) is 9.11. The fraction of sp³-hybridized carbons (Fsp3) is 0.571. The van der Waals surface area contributed by atoms with E-state index in [-0.39, 0.29) is 5.75 Å². The van der Waals surface area contributed by atoms with Crippen LogP contribution in [0.3, 0.4) is 0 Å². The minimum atomic E-state index is 0.236. The summed E-state index contributed by atoms with van der Waals surface area (Å²) in [6.45, 7) is 2.02. The van der Waals surface area contributed by atoms with Gasteiger partial charge in [-0.1, -0.05) is 6.42 Å². The van der Waals surface area contributed by atoms with Crippen molar-refractivity contribution in [2.75, 3.05) is 13.2 Å². The lowest BCUT2D eigenvalue weighted by atomic mass is 9.97. The number of aromatic hydroxyl groups is 1. The van der Waals surface area contributed by atoms with E-state index in [1.165, 1.54) is 12.8 Å². The van der Waals surface area contributed by atoms with E-state index >= 15 is 0 Å². The van der Waals surface area contributed by atoms with Gasteiger partial charge in [0, 0.05) is 13.2 Å². The van der Waals surface area contributed by atoms with Crippen molar-refractivity contribution in [3.05, 3.63) is 26.6 Å². The molecule has 0 aliphatic heterocycles. The van der Waals surface area contributed by atoms with Crippen molar-refractivity contribution in [1.82, 2.24) is 5.32 Å². The second kappa shape index (κ2) is 7.07. The lowest BCUT2D eigenvalue weighted by Crippen LogP contribution is -2.26. The van der Waals surface area contributed by atoms with Crippen LogP contribution < -0.4 is 5.32 Å². The van der Waals surface area contributed by atoms with Crippen LogP contribution in [0, 0.1) is 11.8 Å². The Balaban J connectivity index is 1.86. The molecule has 1 aromatic rings. The maximum Gasteiger partial charge on any atom is 0.143 e. The summed E-state index contributed by atoms with van der Waals surface area (Å²) in [7, 11) is 0. The van der Waals surface area contributed by atoms with Gasteiger partial charge in [-0.3, -0.25) is 0 Å². The van der Waals surface area contributed by atoms with Gasteiger partial charge in [0.2, 0.25) is 0 Å². The second-order valence-corrected chi connectivity index (χ2v) is 6.88. The van der Waals surface area contributed by atoms with Crippen LogP contribution >= 0.6 is 31.9 Å². The molecule has 106 valence electrons. The van der Waals surface area contributed by atoms with Crippen LogP contribution in [0.5, 0.6) is 5.75 Å². The number of aliphatic hydroxyl groups excluding tert-OH is 1. The minimum Gasteiger partial charge on any atom is -0.506 e. The third-order valence-corrected chi connectivity index (χ3v) is 5.07. The molecule has 1 saturated carbocycles. The van der Waals surface area contributed by atoms with Gasteiger partial charge in [0.15, 0.2) is 0 Å². The fourth-order valence-electron chi connectivity index (χ4n) is 2.74. The molecule has 19 heavy (non-hydrogen) atoms. The third-order valence-electron chi connectivity index (χ3n) is 3.86. The molecular weight excluding hydrogens is 374 g/mol. The van der Waals surface area contributed by atoms with E-state index in [1.807, 2.05) is 12.1 Å². The van der Waals surface area contributed by atoms with Crippen LogP contribution in [-0.2, 0) is 6.54 Å². The smallest absolute Gasteiger partial charge is 0.143 e. The average Bonchev–Trinajstić information content (AvgIpc) is 2.83. The van der Waals surface area contributed by atoms with Gasteiger partial charge in [0.05, 0.1) is 8.95 Å². The molecule has 2 unspecified atom stereocenters. The van der Waals surface area contributed by atoms with Gasteiger partial charge in [-0.2, -0.15) is 0 Å². The van der Waals surface area contributed by atoms with Crippen molar-refractivity contribution < 1.29 is 10.2 Å². The number of hydrogen-bond acceptors (Lipinski definition) is 3. The molecule has 0 amide bonds. The van der Waals surface area contributed by atoms with Crippen molar-refractivity contribution >= 4 is 31.9 Å². The number of benzene rings is 1. The maximum atomic E-state index is 9.65. The molecule has 3 nitrogen and oxygen atoms in total. The molecule has 0 heterocycles. The molecule has 1 aliphatic rings. The van der Waals surface area contributed by atoms with Gasteiger partial charge in [0.1, 0.15) is 5.75 Å². The molecule has 0 radical (unpaired) electrons. The second-order valence-electron chi connectivity index (χ2n) is 5.17. The monoisotopic (exact) mass is 391 g/mol. The molecule has 0 spiro atoms. The average molecular weight is 393 g/mol. The zero-order valence-corrected chi connectivity index (χ0v) is 13.9. The van der Waals surface area contributed by atoms with Crippen molar-refractivity contribution in [2.45, 2.75) is 25.8 Å². The Morgan fingerprint density at radius 3 is 2.42 bits per heavy atom. The van der Waals surface area contributed by atoms with E-state index in [2.05, 4.69) is 37.2 Å². The zero-order chi connectivity index (χ0) is 13.8. The number of phenolic OH excluding ortho intramolecular Hbond substituents is 1. The Morgan fingerprint density at radius 2 is 1.79 bits per heavy atom. The molecule has 1 aliphatic carbocycles. The van der Waals surface area contributed by atoms with E-state index in [1.54, 1.807) is 0 Å². The van der Waals surface area contributed by atoms with E-state index < -0.39 is 0 Å². The summed E-state index contributed by atoms with van der Waals surface area (Å²) in [6, 6.07) is 3.84. The normalized spacial score (nSPS) is 22.9. The number of rotatable bonds is 5. The Labute approximate surface area is 130 Å². The molecule has 2 rings (SSSR count). The first-order valence-corrected chi connectivity index (χ1v) is 8.19. The summed E-state index contributed by atoms with van der Waals surface area (Å²) in [5, 5.41) is 22.4. The van der Waals surface area contributed by atoms with Crippen LogP contribution in [-0.4, -0.2) is 23.4 Å². The Kier molecular flexibility index (Phi) is 5.69. The molecule has 1 aromatic carbocycles. The number of halogens is 2. The van der Waals surface area contributed by atoms with Gasteiger partial charge in [0.25, 0.3) is 0 Å². The molecular formula is C14H19Br2NO2. The van der Waals surface area contributed by atoms with Crippen LogP contribution in [0.2, 0.25) is 0 Å². The topological polar surface area (TPSA) is 52.5 Å². The van der Waals surface area contributed by atoms with Crippen molar-refractivity contribution in [3.63, 3.8) is 0 Å². The molecule has 0 bridgehead atoms. The van der Waals surface area contributed by atoms with E-state index in [9.17, 15) is 10.2 Å². The van der Waals surface area contributed by atoms with Gasteiger partial charge in [-0.15, -0.1) is 0 Å². The number of nitrogens with one attached hydrogen (secondary N) is 1. The highest BCUT2D eigenvalue weighted by Crippen LogP contribution is 2.33. The molecule has 0 aromatic heterocycles. The summed E-state index contributed by atoms with van der Waals surface area (Å²) >= 11 is 6.67. The Bertz CT molecular complexity index is 416. The van der Waals surface area contributed by atoms with Gasteiger partial charge >= 0.3 is 0 Å². The summed E-state index contributed by atoms with van der Waals surface area (Å²) < 4.78 is 1.40. The fourth-order valence-corrected chi connectivity index (χ4v) is 4.03. The van der Waals surface area contributed by atoms with Crippen LogP contribution in [0.1, 0.15) is 24.8 Å². The molecule has 0 saturated heterocycles. The number of aliphatic hydroxyl groups is 1. The third kappa shape index (κ3) is 3.94. The summed E-state index contributed by atoms with van der Waals surface area (Å²) in [6.07, 6.45) is 3.59. The highest BCUT2D eigenvalue weighted by Gasteiger charge is 2.25. The predicted octanol–water partition coefficient (Wildman–Crippen LogP) is 3.42. The van der Waals surface area contributed by atoms with Crippen LogP contribution in [0.4, 0.5) is 0 Å². The van der Waals surface area contributed by atoms with Crippen LogP contribution in [0.15, 0.2) is 21.1 Å². The Hall–Kier alpha value is -0.100. The van der Waals surface area contributed by atoms with Gasteiger partial charge in [-0.25, -0.2) is 0 Å². The van der Waals surface area contributed by atoms with Gasteiger partial charge < -0.3 is 15.5 Å². The summed E-state index contributed by atoms with van der Waals surface area (Å²) in [5.74, 6) is 1.29. The SMILES string of the molecule is OCC1CCCC1CNCc1cc(Br)c(O)c(Br)c1. The highest BCUT2D eigenvalue weighted by molar-refractivity contribution is 9.11. The van der Waals surface area contributed by atoms with Crippen molar-refractivity contribution in [2.24, 2.45) is 11.8 Å². The zero-order valence-electron chi connectivity index (χ0n) is 10.7. The summed E-state index contributed by atoms with van der Waals surface area (Å²) in [4.78, 5) is 0. The summed E-state index contributed by atoms with van der Waals surface area (Å²) in [5.41, 5.74) is 1.12. The first kappa shape index (κ1) is 15.3. The number of phenols is 1. The maximum absolute atomic E-state index is 9.65. The van der Waals surface area contributed by atoms with E-state index in [4.69, 9.17) is 0 Å². The molecule has 5 heteroatoms. The molecule has 2 atom stereocenters. The van der Waals surface area contributed by atoms with Crippen molar-refractivity contribution in [3.8, 4) is 5.75 Å². The van der Waals surface area contributed by atoms with E-state index in [0.717, 1.165) is 25.1 Å². The van der Waals surface area contributed by atoms with Crippen LogP contribution in [0.25, 0.3) is 0 Å². The standard InChI is InChI=1S/C14H19Br2NO2/c15-12-4-9(5-13(16)14(12)19)6-17-7-10-2-1-3-11(10)8-18/h4-5,10-11,17-19H,1-3,6-8H2. The molecule has 1 fully saturated rings. The number of hydrogen-bond donors (Lipinski definition) is 3. The van der Waals surface area contributed by atoms with Crippen molar-refractivity contribution in [1.29, 1.82) is 0 Å². The Morgan fingerprint density at radius 1 is 1.16 bits per heavy atom. The minimum absolute atomic E-state index is 0.236. The predicted molar refractivity (Wildman–Crippen MR) is 83.1 cm³/mol. The molecule has 3 N–H and O–H groups in total.